The van der Waals surface area contributed by atoms with Crippen molar-refractivity contribution in [3.05, 3.63) is 24.0 Å². The first kappa shape index (κ1) is 26.4. The Balaban J connectivity index is 1.37. The molecular weight excluding hydrogens is 432 g/mol. The van der Waals surface area contributed by atoms with Gasteiger partial charge < -0.3 is 24.8 Å². The van der Waals surface area contributed by atoms with Crippen LogP contribution in [0.25, 0.3) is 0 Å². The molecule has 1 aliphatic heterocycles. The van der Waals surface area contributed by atoms with E-state index in [-0.39, 0.29) is 24.4 Å². The van der Waals surface area contributed by atoms with Gasteiger partial charge in [0.2, 0.25) is 0 Å². The molecule has 1 aromatic heterocycles. The highest BCUT2D eigenvalue weighted by Crippen LogP contribution is 2.08. The predicted octanol–water partition coefficient (Wildman–Crippen LogP) is 0.242. The normalized spacial score (nSPS) is 13.2. The van der Waals surface area contributed by atoms with Crippen LogP contribution < -0.4 is 10.6 Å². The molecule has 2 N–H and O–H groups in total. The zero-order valence-electron chi connectivity index (χ0n) is 19.2. The molecule has 12 nitrogen and oxygen atoms in total. The monoisotopic (exact) mass is 466 g/mol. The maximum atomic E-state index is 11.6. The number of urea groups is 1. The van der Waals surface area contributed by atoms with Gasteiger partial charge in [-0.05, 0) is 6.42 Å². The lowest BCUT2D eigenvalue weighted by atomic mass is 10.2. The summed E-state index contributed by atoms with van der Waals surface area (Å²) in [6, 6.07) is -0.167. The van der Waals surface area contributed by atoms with Gasteiger partial charge in [0, 0.05) is 25.2 Å². The maximum absolute atomic E-state index is 11.6. The Labute approximate surface area is 193 Å². The fourth-order valence-corrected chi connectivity index (χ4v) is 2.85. The number of hydrogen-bond acceptors (Lipinski definition) is 8. The van der Waals surface area contributed by atoms with Crippen LogP contribution in [0.1, 0.15) is 31.9 Å². The Kier molecular flexibility index (Phi) is 12.7. The van der Waals surface area contributed by atoms with Crippen LogP contribution in [-0.4, -0.2) is 90.5 Å². The smallest absolute Gasteiger partial charge is 0.314 e. The summed E-state index contributed by atoms with van der Waals surface area (Å²) in [5.74, 6) is -0.693. The van der Waals surface area contributed by atoms with E-state index in [1.807, 2.05) is 0 Å². The average Bonchev–Trinajstić information content (AvgIpc) is 3.39. The molecular formula is C21H34N6O6. The average molecular weight is 467 g/mol. The van der Waals surface area contributed by atoms with Crippen molar-refractivity contribution in [2.45, 2.75) is 39.3 Å². The molecule has 0 aliphatic carbocycles. The van der Waals surface area contributed by atoms with E-state index in [0.29, 0.717) is 65.0 Å². The standard InChI is InChI=1S/C21H34N6O6/c1-2-3-4-7-22-21(30)23-8-10-31-12-14-33-15-13-32-11-9-26-16-18(24-25-26)17-27-19(28)5-6-20(27)29/h5-6,16H,2-4,7-15,17H2,1H3,(H2,22,23,30). The predicted molar refractivity (Wildman–Crippen MR) is 118 cm³/mol. The van der Waals surface area contributed by atoms with E-state index in [1.54, 1.807) is 10.9 Å². The maximum Gasteiger partial charge on any atom is 0.314 e. The van der Waals surface area contributed by atoms with Crippen molar-refractivity contribution in [1.82, 2.24) is 30.5 Å². The first-order valence-electron chi connectivity index (χ1n) is 11.3. The second-order valence-electron chi connectivity index (χ2n) is 7.30. The van der Waals surface area contributed by atoms with Gasteiger partial charge in [-0.3, -0.25) is 14.5 Å². The molecule has 0 unspecified atom stereocenters. The summed E-state index contributed by atoms with van der Waals surface area (Å²) in [5.41, 5.74) is 0.534. The van der Waals surface area contributed by atoms with Crippen molar-refractivity contribution in [2.24, 2.45) is 0 Å². The van der Waals surface area contributed by atoms with Gasteiger partial charge in [-0.25, -0.2) is 9.48 Å². The van der Waals surface area contributed by atoms with Crippen molar-refractivity contribution in [3.63, 3.8) is 0 Å². The van der Waals surface area contributed by atoms with Crippen LogP contribution in [0.2, 0.25) is 0 Å². The highest BCUT2D eigenvalue weighted by Gasteiger charge is 2.24. The lowest BCUT2D eigenvalue weighted by molar-refractivity contribution is -0.137. The Hall–Kier alpha value is -2.83. The topological polar surface area (TPSA) is 137 Å². The molecule has 1 aliphatic rings. The van der Waals surface area contributed by atoms with Crippen LogP contribution in [0.15, 0.2) is 18.3 Å². The van der Waals surface area contributed by atoms with Gasteiger partial charge >= 0.3 is 6.03 Å². The second kappa shape index (κ2) is 15.9. The van der Waals surface area contributed by atoms with Gasteiger partial charge in [-0.1, -0.05) is 25.0 Å². The van der Waals surface area contributed by atoms with Gasteiger partial charge in [-0.15, -0.1) is 5.10 Å². The summed E-state index contributed by atoms with van der Waals surface area (Å²) < 4.78 is 17.9. The van der Waals surface area contributed by atoms with Gasteiger partial charge in [-0.2, -0.15) is 0 Å². The molecule has 0 radical (unpaired) electrons. The minimum Gasteiger partial charge on any atom is -0.377 e. The molecule has 2 heterocycles. The molecule has 0 fully saturated rings. The second-order valence-corrected chi connectivity index (χ2v) is 7.30. The van der Waals surface area contributed by atoms with Gasteiger partial charge in [0.05, 0.1) is 58.9 Å². The molecule has 0 saturated heterocycles. The molecule has 2 rings (SSSR count). The Bertz CT molecular complexity index is 750. The van der Waals surface area contributed by atoms with Crippen LogP contribution in [0.4, 0.5) is 4.79 Å². The fourth-order valence-electron chi connectivity index (χ4n) is 2.85. The highest BCUT2D eigenvalue weighted by molar-refractivity contribution is 6.12. The highest BCUT2D eigenvalue weighted by atomic mass is 16.5. The van der Waals surface area contributed by atoms with Crippen LogP contribution in [0.3, 0.4) is 0 Å². The summed E-state index contributed by atoms with van der Waals surface area (Å²) in [5, 5.41) is 13.5. The number of amides is 4. The van der Waals surface area contributed by atoms with Crippen LogP contribution in [0, 0.1) is 0 Å². The molecule has 0 saturated carbocycles. The first-order valence-corrected chi connectivity index (χ1v) is 11.3. The molecule has 0 aromatic carbocycles. The molecule has 33 heavy (non-hydrogen) atoms. The number of carbonyl (C=O) groups is 3. The van der Waals surface area contributed by atoms with Gasteiger partial charge in [0.25, 0.3) is 11.8 Å². The molecule has 184 valence electrons. The molecule has 4 amide bonds. The number of imide groups is 1. The Morgan fingerprint density at radius 2 is 1.55 bits per heavy atom. The van der Waals surface area contributed by atoms with Gasteiger partial charge in [0.1, 0.15) is 5.69 Å². The summed E-state index contributed by atoms with van der Waals surface area (Å²) in [6.45, 7) is 6.49. The number of unbranched alkanes of at least 4 members (excludes halogenated alkanes) is 2. The zero-order chi connectivity index (χ0) is 23.7. The third-order valence-corrected chi connectivity index (χ3v) is 4.61. The minimum absolute atomic E-state index is 0.101. The summed E-state index contributed by atoms with van der Waals surface area (Å²) >= 11 is 0. The lowest BCUT2D eigenvalue weighted by Gasteiger charge is -2.10. The van der Waals surface area contributed by atoms with Crippen molar-refractivity contribution in [1.29, 1.82) is 0 Å². The molecule has 0 bridgehead atoms. The van der Waals surface area contributed by atoms with Crippen molar-refractivity contribution >= 4 is 17.8 Å². The number of rotatable bonds is 18. The number of nitrogens with one attached hydrogen (secondary N) is 2. The molecule has 1 aromatic rings. The van der Waals surface area contributed by atoms with E-state index in [4.69, 9.17) is 14.2 Å². The van der Waals surface area contributed by atoms with Crippen molar-refractivity contribution < 1.29 is 28.6 Å². The molecule has 0 spiro atoms. The molecule has 0 atom stereocenters. The van der Waals surface area contributed by atoms with Crippen molar-refractivity contribution in [3.8, 4) is 0 Å². The van der Waals surface area contributed by atoms with E-state index in [0.717, 1.165) is 24.2 Å². The summed E-state index contributed by atoms with van der Waals surface area (Å²) in [7, 11) is 0. The third-order valence-electron chi connectivity index (χ3n) is 4.61. The van der Waals surface area contributed by atoms with Crippen LogP contribution in [-0.2, 0) is 36.9 Å². The zero-order valence-corrected chi connectivity index (χ0v) is 19.2. The summed E-state index contributed by atoms with van der Waals surface area (Å²) in [4.78, 5) is 35.7. The van der Waals surface area contributed by atoms with Crippen molar-refractivity contribution in [2.75, 3.05) is 52.7 Å². The van der Waals surface area contributed by atoms with E-state index >= 15 is 0 Å². The number of hydrogen-bond donors (Lipinski definition) is 2. The van der Waals surface area contributed by atoms with E-state index in [1.165, 1.54) is 12.2 Å². The van der Waals surface area contributed by atoms with Crippen LogP contribution in [0.5, 0.6) is 0 Å². The Morgan fingerprint density at radius 3 is 2.24 bits per heavy atom. The largest absolute Gasteiger partial charge is 0.377 e. The van der Waals surface area contributed by atoms with E-state index in [9.17, 15) is 14.4 Å². The number of aromatic nitrogens is 3. The fraction of sp³-hybridized carbons (Fsp3) is 0.667. The molecule has 12 heteroatoms. The number of ether oxygens (including phenoxy) is 3. The van der Waals surface area contributed by atoms with Gasteiger partial charge in [0.15, 0.2) is 0 Å². The van der Waals surface area contributed by atoms with E-state index in [2.05, 4.69) is 27.9 Å². The SMILES string of the molecule is CCCCCNC(=O)NCCOCCOCCOCCn1cc(CN2C(=O)C=CC2=O)nn1. The Morgan fingerprint density at radius 1 is 0.909 bits per heavy atom. The van der Waals surface area contributed by atoms with Crippen LogP contribution >= 0.6 is 0 Å². The lowest BCUT2D eigenvalue weighted by Crippen LogP contribution is -2.37. The summed E-state index contributed by atoms with van der Waals surface area (Å²) in [6.07, 6.45) is 7.39. The third kappa shape index (κ3) is 11.0. The number of carbonyl (C=O) groups excluding carboxylic acids is 3. The minimum atomic E-state index is -0.347. The first-order chi connectivity index (χ1) is 16.1. The quantitative estimate of drug-likeness (QED) is 0.232. The number of nitrogens with zero attached hydrogens (tertiary/aromatic N) is 4. The van der Waals surface area contributed by atoms with E-state index < -0.39 is 0 Å².